The summed E-state index contributed by atoms with van der Waals surface area (Å²) in [5, 5.41) is 2.58. The zero-order chi connectivity index (χ0) is 13.9. The second kappa shape index (κ2) is 6.13. The van der Waals surface area contributed by atoms with Gasteiger partial charge in [0, 0.05) is 6.07 Å². The van der Waals surface area contributed by atoms with Gasteiger partial charge in [-0.1, -0.05) is 34.8 Å². The highest BCUT2D eigenvalue weighted by atomic mass is 35.5. The Morgan fingerprint density at radius 3 is 2.33 bits per heavy atom. The zero-order valence-corrected chi connectivity index (χ0v) is 11.4. The Kier molecular flexibility index (Phi) is 5.07. The third-order valence-corrected chi connectivity index (χ3v) is 2.91. The molecule has 18 heavy (non-hydrogen) atoms. The van der Waals surface area contributed by atoms with Crippen LogP contribution in [0, 0.1) is 0 Å². The Morgan fingerprint density at radius 1 is 1.22 bits per heavy atom. The molecule has 0 fully saturated rings. The highest BCUT2D eigenvalue weighted by Crippen LogP contribution is 2.34. The molecule has 3 amide bonds. The number of primary amides is 1. The van der Waals surface area contributed by atoms with E-state index < -0.39 is 18.0 Å². The van der Waals surface area contributed by atoms with Gasteiger partial charge in [-0.2, -0.15) is 0 Å². The molecule has 0 bridgehead atoms. The number of carbonyl (C=O) groups excluding carboxylic acids is 2. The molecule has 0 aromatic heterocycles. The van der Waals surface area contributed by atoms with Crippen LogP contribution in [0.3, 0.4) is 0 Å². The monoisotopic (exact) mass is 310 g/mol. The summed E-state index contributed by atoms with van der Waals surface area (Å²) in [6.07, 6.45) is -0.966. The van der Waals surface area contributed by atoms with Gasteiger partial charge < -0.3 is 10.5 Å². The predicted molar refractivity (Wildman–Crippen MR) is 69.3 cm³/mol. The van der Waals surface area contributed by atoms with E-state index in [4.69, 9.17) is 45.3 Å². The highest BCUT2D eigenvalue weighted by molar-refractivity contribution is 6.43. The summed E-state index contributed by atoms with van der Waals surface area (Å²) < 4.78 is 5.25. The lowest BCUT2D eigenvalue weighted by Gasteiger charge is -2.15. The van der Waals surface area contributed by atoms with Crippen LogP contribution >= 0.6 is 34.8 Å². The lowest BCUT2D eigenvalue weighted by atomic mass is 10.3. The molecule has 1 aromatic carbocycles. The van der Waals surface area contributed by atoms with Crippen LogP contribution in [0.25, 0.3) is 0 Å². The van der Waals surface area contributed by atoms with Gasteiger partial charge in [-0.05, 0) is 13.0 Å². The van der Waals surface area contributed by atoms with E-state index >= 15 is 0 Å². The number of rotatable bonds is 3. The average molecular weight is 312 g/mol. The molecule has 8 heteroatoms. The van der Waals surface area contributed by atoms with E-state index in [1.165, 1.54) is 19.1 Å². The summed E-state index contributed by atoms with van der Waals surface area (Å²) in [6, 6.07) is 1.80. The first-order chi connectivity index (χ1) is 8.31. The minimum Gasteiger partial charge on any atom is -0.479 e. The van der Waals surface area contributed by atoms with Gasteiger partial charge in [0.05, 0.1) is 15.1 Å². The molecule has 1 rings (SSSR count). The van der Waals surface area contributed by atoms with Crippen molar-refractivity contribution in [3.63, 3.8) is 0 Å². The molecule has 0 saturated carbocycles. The number of urea groups is 1. The van der Waals surface area contributed by atoms with Gasteiger partial charge in [-0.15, -0.1) is 0 Å². The lowest BCUT2D eigenvalue weighted by molar-refractivity contribution is -0.126. The number of nitrogens with one attached hydrogen (secondary N) is 1. The molecule has 5 nitrogen and oxygen atoms in total. The van der Waals surface area contributed by atoms with E-state index in [1.54, 1.807) is 0 Å². The van der Waals surface area contributed by atoms with Crippen molar-refractivity contribution in [3.05, 3.63) is 27.2 Å². The topological polar surface area (TPSA) is 81.4 Å². The van der Waals surface area contributed by atoms with Gasteiger partial charge in [0.1, 0.15) is 5.75 Å². The summed E-state index contributed by atoms with van der Waals surface area (Å²) in [7, 11) is 0. The molecule has 0 spiro atoms. The molecular weight excluding hydrogens is 302 g/mol. The van der Waals surface area contributed by atoms with Crippen LogP contribution in [-0.4, -0.2) is 18.0 Å². The number of nitrogens with two attached hydrogens (primary N) is 1. The number of imide groups is 1. The number of amides is 3. The number of hydrogen-bond donors (Lipinski definition) is 2. The normalized spacial score (nSPS) is 11.8. The number of benzene rings is 1. The van der Waals surface area contributed by atoms with Crippen LogP contribution in [0.2, 0.25) is 15.1 Å². The maximum absolute atomic E-state index is 11.4. The highest BCUT2D eigenvalue weighted by Gasteiger charge is 2.18. The molecule has 3 N–H and O–H groups in total. The molecule has 1 aromatic rings. The van der Waals surface area contributed by atoms with Crippen molar-refractivity contribution in [1.29, 1.82) is 0 Å². The Morgan fingerprint density at radius 2 is 1.78 bits per heavy atom. The minimum atomic E-state index is -0.966. The number of halogens is 3. The Hall–Kier alpha value is -1.17. The summed E-state index contributed by atoms with van der Waals surface area (Å²) in [4.78, 5) is 21.9. The SMILES string of the molecule is C[C@H](Oc1cc(Cl)c(Cl)cc1Cl)C(=O)NC(N)=O. The summed E-state index contributed by atoms with van der Waals surface area (Å²) in [5.74, 6) is -0.511. The van der Waals surface area contributed by atoms with E-state index in [1.807, 2.05) is 5.32 Å². The quantitative estimate of drug-likeness (QED) is 0.842. The van der Waals surface area contributed by atoms with Crippen molar-refractivity contribution in [2.24, 2.45) is 5.73 Å². The molecule has 0 aliphatic carbocycles. The van der Waals surface area contributed by atoms with Gasteiger partial charge in [0.2, 0.25) is 0 Å². The third kappa shape index (κ3) is 3.94. The van der Waals surface area contributed by atoms with Gasteiger partial charge in [0.25, 0.3) is 5.91 Å². The van der Waals surface area contributed by atoms with Crippen molar-refractivity contribution < 1.29 is 14.3 Å². The zero-order valence-electron chi connectivity index (χ0n) is 9.17. The maximum atomic E-state index is 11.4. The number of ether oxygens (including phenoxy) is 1. The Labute approximate surface area is 118 Å². The summed E-state index contributed by atoms with van der Waals surface area (Å²) in [5.41, 5.74) is 4.81. The summed E-state index contributed by atoms with van der Waals surface area (Å²) >= 11 is 17.4. The van der Waals surface area contributed by atoms with Gasteiger partial charge in [-0.3, -0.25) is 10.1 Å². The first kappa shape index (κ1) is 14.9. The average Bonchev–Trinajstić information content (AvgIpc) is 2.24. The van der Waals surface area contributed by atoms with Crippen molar-refractivity contribution >= 4 is 46.7 Å². The first-order valence-corrected chi connectivity index (χ1v) is 5.86. The second-order valence-corrected chi connectivity index (χ2v) is 4.53. The largest absolute Gasteiger partial charge is 0.479 e. The molecular formula is C10H9Cl3N2O3. The van der Waals surface area contributed by atoms with Crippen LogP contribution in [0.5, 0.6) is 5.75 Å². The van der Waals surface area contributed by atoms with Gasteiger partial charge in [0.15, 0.2) is 6.10 Å². The molecule has 0 saturated heterocycles. The predicted octanol–water partition coefficient (Wildman–Crippen LogP) is 2.61. The van der Waals surface area contributed by atoms with Crippen molar-refractivity contribution in [1.82, 2.24) is 5.32 Å². The minimum absolute atomic E-state index is 0.179. The van der Waals surface area contributed by atoms with Crippen LogP contribution in [0.4, 0.5) is 4.79 Å². The fourth-order valence-electron chi connectivity index (χ4n) is 1.06. The molecule has 98 valence electrons. The van der Waals surface area contributed by atoms with Crippen LogP contribution in [-0.2, 0) is 4.79 Å². The van der Waals surface area contributed by atoms with Gasteiger partial charge in [-0.25, -0.2) is 4.79 Å². The molecule has 0 aliphatic heterocycles. The smallest absolute Gasteiger partial charge is 0.318 e. The van der Waals surface area contributed by atoms with E-state index in [0.29, 0.717) is 0 Å². The van der Waals surface area contributed by atoms with Crippen LogP contribution < -0.4 is 15.8 Å². The second-order valence-electron chi connectivity index (χ2n) is 3.31. The molecule has 0 aliphatic rings. The van der Waals surface area contributed by atoms with Crippen molar-refractivity contribution in [3.8, 4) is 5.75 Å². The van der Waals surface area contributed by atoms with E-state index in [0.717, 1.165) is 0 Å². The lowest BCUT2D eigenvalue weighted by Crippen LogP contribution is -2.42. The molecule has 0 radical (unpaired) electrons. The van der Waals surface area contributed by atoms with Crippen LogP contribution in [0.1, 0.15) is 6.92 Å². The fraction of sp³-hybridized carbons (Fsp3) is 0.200. The molecule has 1 atom stereocenters. The Balaban J connectivity index is 2.81. The Bertz CT molecular complexity index is 494. The number of hydrogen-bond acceptors (Lipinski definition) is 3. The van der Waals surface area contributed by atoms with Crippen molar-refractivity contribution in [2.45, 2.75) is 13.0 Å². The van der Waals surface area contributed by atoms with Crippen LogP contribution in [0.15, 0.2) is 12.1 Å². The van der Waals surface area contributed by atoms with E-state index in [2.05, 4.69) is 0 Å². The third-order valence-electron chi connectivity index (χ3n) is 1.89. The fourth-order valence-corrected chi connectivity index (χ4v) is 1.64. The van der Waals surface area contributed by atoms with Gasteiger partial charge >= 0.3 is 6.03 Å². The first-order valence-electron chi connectivity index (χ1n) is 4.72. The maximum Gasteiger partial charge on any atom is 0.318 e. The molecule has 0 heterocycles. The van der Waals surface area contributed by atoms with Crippen molar-refractivity contribution in [2.75, 3.05) is 0 Å². The number of carbonyl (C=O) groups is 2. The van der Waals surface area contributed by atoms with E-state index in [9.17, 15) is 9.59 Å². The molecule has 0 unspecified atom stereocenters. The summed E-state index contributed by atoms with van der Waals surface area (Å²) in [6.45, 7) is 1.43. The van der Waals surface area contributed by atoms with E-state index in [-0.39, 0.29) is 20.8 Å². The standard InChI is InChI=1S/C10H9Cl3N2O3/c1-4(9(16)15-10(14)17)18-8-3-6(12)5(11)2-7(8)13/h2-4H,1H3,(H3,14,15,16,17)/t4-/m0/s1.